The molecule has 1 saturated carbocycles. The van der Waals surface area contributed by atoms with Gasteiger partial charge in [0.2, 0.25) is 0 Å². The Kier molecular flexibility index (Phi) is 7.76. The number of aromatic nitrogens is 1. The maximum atomic E-state index is 15.3. The molecule has 7 nitrogen and oxygen atoms in total. The SMILES string of the molecule is CC1=C(C)/C(=C/c2[n-]c(/C=C3\N=C(C(=O)OCc4ccccc4)C4=C3C[C@]35c6c7c8ccc9c%10ccc%11c%12ccc%13c%14ccc%15c%16c(c%17c6c6c(c79)c%10c%11c7c%12c%13c(c%16%14)c%17c67)[C@@]3(C4)C%15CCC85)c(C)c2C)N=C1/C=C1/CC(C)(C)C(C)(C#N)[N-]1.[Zn+2]. The fourth-order valence-electron chi connectivity index (χ4n) is 20.7. The molecule has 1 aromatic heterocycles. The molecular formula is C77H51N5O2Zn. The number of carbonyl (C=O) groups is 1. The third-order valence-electron chi connectivity index (χ3n) is 24.7. The van der Waals surface area contributed by atoms with Crippen molar-refractivity contribution in [3.05, 3.63) is 180 Å². The van der Waals surface area contributed by atoms with Crippen LogP contribution in [-0.4, -0.2) is 22.9 Å². The molecule has 2 spiro atoms. The molecule has 85 heavy (non-hydrogen) atoms. The second-order valence-corrected chi connectivity index (χ2v) is 27.9. The molecule has 3 unspecified atom stereocenters. The van der Waals surface area contributed by atoms with Crippen LogP contribution in [0.25, 0.3) is 136 Å². The van der Waals surface area contributed by atoms with Crippen molar-refractivity contribution in [3.63, 3.8) is 0 Å². The van der Waals surface area contributed by atoms with Gasteiger partial charge in [0.05, 0.1) is 17.1 Å². The van der Waals surface area contributed by atoms with Gasteiger partial charge in [0.1, 0.15) is 6.61 Å². The van der Waals surface area contributed by atoms with Gasteiger partial charge < -0.3 is 15.0 Å². The minimum atomic E-state index is -0.788. The van der Waals surface area contributed by atoms with Gasteiger partial charge in [-0.25, -0.2) is 14.8 Å². The van der Waals surface area contributed by atoms with E-state index in [2.05, 4.69) is 114 Å². The summed E-state index contributed by atoms with van der Waals surface area (Å²) in [4.78, 5) is 31.6. The van der Waals surface area contributed by atoms with Crippen LogP contribution in [0.4, 0.5) is 0 Å². The van der Waals surface area contributed by atoms with Gasteiger partial charge in [0.15, 0.2) is 5.71 Å². The minimum absolute atomic E-state index is 0. The molecule has 0 amide bonds. The summed E-state index contributed by atoms with van der Waals surface area (Å²) in [5.74, 6) is 0.180. The molecule has 8 aliphatic rings. The Morgan fingerprint density at radius 3 is 1.59 bits per heavy atom. The van der Waals surface area contributed by atoms with E-state index < -0.39 is 5.54 Å². The van der Waals surface area contributed by atoms with Crippen LogP contribution < -0.4 is 4.98 Å². The number of esters is 1. The monoisotopic (exact) mass is 1140 g/mol. The summed E-state index contributed by atoms with van der Waals surface area (Å²) in [6, 6.07) is 32.6. The number of aliphatic imine (C=N–C) groups is 2. The molecule has 1 saturated heterocycles. The van der Waals surface area contributed by atoms with Crippen molar-refractivity contribution in [1.82, 2.24) is 4.98 Å². The van der Waals surface area contributed by atoms with E-state index in [1.54, 1.807) is 16.5 Å². The third-order valence-corrected chi connectivity index (χ3v) is 24.7. The molecule has 13 aromatic carbocycles. The third kappa shape index (κ3) is 4.58. The van der Waals surface area contributed by atoms with Gasteiger partial charge >= 0.3 is 25.4 Å². The molecule has 14 aromatic rings. The largest absolute Gasteiger partial charge is 2.00 e. The Labute approximate surface area is 501 Å². The smallest absolute Gasteiger partial charge is 0.670 e. The quantitative estimate of drug-likeness (QED) is 0.0940. The number of rotatable bonds is 6. The Hall–Kier alpha value is -8.50. The van der Waals surface area contributed by atoms with Crippen molar-refractivity contribution in [1.29, 1.82) is 5.26 Å². The second kappa shape index (κ2) is 14.1. The molecule has 8 heteroatoms. The molecule has 5 atom stereocenters. The summed E-state index contributed by atoms with van der Waals surface area (Å²) in [5, 5.41) is 47.5. The van der Waals surface area contributed by atoms with Crippen LogP contribution in [0, 0.1) is 30.6 Å². The maximum Gasteiger partial charge on any atom is 2.00 e. The van der Waals surface area contributed by atoms with Gasteiger partial charge in [0.25, 0.3) is 0 Å². The van der Waals surface area contributed by atoms with Crippen molar-refractivity contribution in [2.24, 2.45) is 15.4 Å². The number of allylic oxidation sites excluding steroid dienone is 5. The number of hydrogen-bond donors (Lipinski definition) is 0. The van der Waals surface area contributed by atoms with E-state index in [1.165, 1.54) is 130 Å². The van der Waals surface area contributed by atoms with E-state index in [-0.39, 0.29) is 60.1 Å². The summed E-state index contributed by atoms with van der Waals surface area (Å²) in [5.41, 5.74) is 17.8. The second-order valence-electron chi connectivity index (χ2n) is 27.9. The van der Waals surface area contributed by atoms with Crippen LogP contribution in [0.2, 0.25) is 0 Å². The summed E-state index contributed by atoms with van der Waals surface area (Å²) < 4.78 is 6.43. The zero-order valence-electron chi connectivity index (χ0n) is 48.4. The van der Waals surface area contributed by atoms with E-state index in [4.69, 9.17) is 25.0 Å². The number of ether oxygens (including phenoxy) is 1. The molecule has 5 aliphatic carbocycles. The van der Waals surface area contributed by atoms with E-state index in [9.17, 15) is 5.26 Å². The normalized spacial score (nSPS) is 26.7. The Morgan fingerprint density at radius 1 is 0.576 bits per heavy atom. The molecule has 4 heterocycles. The molecule has 0 bridgehead atoms. The summed E-state index contributed by atoms with van der Waals surface area (Å²) in [7, 11) is 0. The zero-order valence-corrected chi connectivity index (χ0v) is 51.4. The number of benzene rings is 9. The molecule has 0 radical (unpaired) electrons. The van der Waals surface area contributed by atoms with Gasteiger partial charge in [0, 0.05) is 16.9 Å². The van der Waals surface area contributed by atoms with Crippen molar-refractivity contribution in [2.45, 2.75) is 115 Å². The zero-order chi connectivity index (χ0) is 55.6. The molecular weight excluding hydrogens is 1090 g/mol. The van der Waals surface area contributed by atoms with E-state index in [0.717, 1.165) is 93.3 Å². The number of nitrogens with zero attached hydrogens (tertiary/aromatic N) is 5. The summed E-state index contributed by atoms with van der Waals surface area (Å²) in [6.07, 6.45) is 10.8. The predicted octanol–water partition coefficient (Wildman–Crippen LogP) is 18.4. The van der Waals surface area contributed by atoms with Gasteiger partial charge in [-0.15, -0.1) is 11.4 Å². The summed E-state index contributed by atoms with van der Waals surface area (Å²) >= 11 is 0. The van der Waals surface area contributed by atoms with Crippen molar-refractivity contribution < 1.29 is 29.0 Å². The Balaban J connectivity index is 0.00000501. The number of hydrogen-bond acceptors (Lipinski definition) is 5. The fourth-order valence-corrected chi connectivity index (χ4v) is 20.7. The summed E-state index contributed by atoms with van der Waals surface area (Å²) in [6.45, 7) is 14.9. The van der Waals surface area contributed by atoms with Crippen LogP contribution in [0.1, 0.15) is 129 Å². The average molecular weight is 1140 g/mol. The molecule has 2 fully saturated rings. The fraction of sp³-hybridized carbons (Fsp3) is 0.247. The number of nitriles is 1. The molecule has 3 aliphatic heterocycles. The first kappa shape index (κ1) is 46.8. The average Bonchev–Trinajstić information content (AvgIpc) is 1.43. The van der Waals surface area contributed by atoms with Crippen LogP contribution >= 0.6 is 0 Å². The van der Waals surface area contributed by atoms with Crippen molar-refractivity contribution >= 4 is 148 Å². The number of fused-ring (bicyclic) bond motifs is 5. The van der Waals surface area contributed by atoms with E-state index in [0.29, 0.717) is 12.1 Å². The van der Waals surface area contributed by atoms with Crippen molar-refractivity contribution in [3.8, 4) is 6.07 Å². The molecule has 398 valence electrons. The van der Waals surface area contributed by atoms with Gasteiger partial charge in [-0.05, 0) is 251 Å². The van der Waals surface area contributed by atoms with Crippen LogP contribution in [-0.2, 0) is 46.4 Å². The molecule has 0 N–H and O–H groups in total. The van der Waals surface area contributed by atoms with Crippen LogP contribution in [0.15, 0.2) is 134 Å². The van der Waals surface area contributed by atoms with Gasteiger partial charge in [-0.1, -0.05) is 129 Å². The predicted molar refractivity (Wildman–Crippen MR) is 341 cm³/mol. The molecule has 22 rings (SSSR count). The van der Waals surface area contributed by atoms with Crippen LogP contribution in [0.5, 0.6) is 0 Å². The Bertz CT molecular complexity index is 5850. The standard InChI is InChI=1S/C77H52N5O2.Zn/c1-31-32(2)50(79-49(31)23-36-26-74(5,6)75(7,30-78)82-36)24-51-33(3)34(4)52(80-51)25-53-45-27-76-47-21-22-48-44-20-18-42-40-16-14-38-37-13-15-39-41-17-19-43(47)60-58(41)63-56(39)54(37)62-55(38)57(40)64-59(42)61(44)71(69-67(64)65(62)66(63)68(69)70(60)76)77(48,76)28-46(45)72(81-53)73(83)84-29-35-11-9-8-10-12-35;/h8-20,23-25,47-48H,21-22,26-29H2,1-7H3,(H-,79,80,81,82,83);/q-1;+2/p-1/t47?,48?,75?,76-,77+;/m0./s1. The van der Waals surface area contributed by atoms with Crippen molar-refractivity contribution in [2.75, 3.05) is 0 Å². The Morgan fingerprint density at radius 2 is 1.06 bits per heavy atom. The van der Waals surface area contributed by atoms with E-state index in [1.807, 2.05) is 37.3 Å². The van der Waals surface area contributed by atoms with E-state index >= 15 is 4.79 Å². The minimum Gasteiger partial charge on any atom is -0.670 e. The number of carbonyl (C=O) groups excluding carboxylic acids is 1. The van der Waals surface area contributed by atoms with Crippen LogP contribution in [0.3, 0.4) is 0 Å². The van der Waals surface area contributed by atoms with Gasteiger partial charge in [-0.3, -0.25) is 0 Å². The first-order valence-corrected chi connectivity index (χ1v) is 30.4. The first-order valence-electron chi connectivity index (χ1n) is 30.4. The van der Waals surface area contributed by atoms with Gasteiger partial charge in [-0.2, -0.15) is 11.0 Å². The first-order chi connectivity index (χ1) is 40.8. The topological polar surface area (TPSA) is 103 Å². The maximum absolute atomic E-state index is 15.3.